The Morgan fingerprint density at radius 3 is 2.22 bits per heavy atom. The second-order valence-corrected chi connectivity index (χ2v) is 5.35. The van der Waals surface area contributed by atoms with Gasteiger partial charge in [0.05, 0.1) is 12.2 Å². The molecule has 1 aromatic rings. The van der Waals surface area contributed by atoms with Gasteiger partial charge < -0.3 is 0 Å². The van der Waals surface area contributed by atoms with Crippen LogP contribution in [-0.2, 0) is 10.0 Å². The smallest absolute Gasteiger partial charge is 0.284 e. The molecule has 0 saturated heterocycles. The van der Waals surface area contributed by atoms with Crippen LogP contribution >= 0.6 is 0 Å². The summed E-state index contributed by atoms with van der Waals surface area (Å²) >= 11 is 0. The summed E-state index contributed by atoms with van der Waals surface area (Å²) < 4.78 is 60.5. The van der Waals surface area contributed by atoms with Crippen molar-refractivity contribution in [2.24, 2.45) is 0 Å². The van der Waals surface area contributed by atoms with E-state index in [2.05, 4.69) is 5.92 Å². The Balaban J connectivity index is 2.68. The molecule has 0 aliphatic heterocycles. The van der Waals surface area contributed by atoms with Crippen LogP contribution < -0.4 is 4.72 Å². The van der Waals surface area contributed by atoms with Gasteiger partial charge in [0.25, 0.3) is 0 Å². The Kier molecular flexibility index (Phi) is 4.24. The number of anilines is 1. The van der Waals surface area contributed by atoms with Gasteiger partial charge in [0.1, 0.15) is 0 Å². The zero-order chi connectivity index (χ0) is 13.8. The third kappa shape index (κ3) is 5.10. The second kappa shape index (κ2) is 5.31. The number of rotatable bonds is 4. The van der Waals surface area contributed by atoms with Crippen molar-refractivity contribution in [1.29, 1.82) is 0 Å². The van der Waals surface area contributed by atoms with Crippen molar-refractivity contribution in [3.05, 3.63) is 29.8 Å². The molecule has 1 aromatic carbocycles. The third-order valence-corrected chi connectivity index (χ3v) is 3.27. The molecule has 7 heteroatoms. The fourth-order valence-electron chi connectivity index (χ4n) is 1.12. The molecule has 0 bridgehead atoms. The van der Waals surface area contributed by atoms with E-state index in [9.17, 15) is 21.6 Å². The summed E-state index contributed by atoms with van der Waals surface area (Å²) in [6.45, 7) is 0. The largest absolute Gasteiger partial charge is 0.390 e. The molecule has 0 amide bonds. The number of sulfonamides is 1. The maximum atomic E-state index is 11.9. The number of benzene rings is 1. The summed E-state index contributed by atoms with van der Waals surface area (Å²) in [6, 6.07) is 5.75. The Bertz CT molecular complexity index is 541. The van der Waals surface area contributed by atoms with Crippen molar-refractivity contribution in [3.63, 3.8) is 0 Å². The van der Waals surface area contributed by atoms with Crippen molar-refractivity contribution < 1.29 is 21.6 Å². The average Bonchev–Trinajstić information content (AvgIpc) is 2.26. The topological polar surface area (TPSA) is 46.2 Å². The maximum absolute atomic E-state index is 11.9. The van der Waals surface area contributed by atoms with Crippen molar-refractivity contribution >= 4 is 15.7 Å². The molecule has 3 nitrogen and oxygen atoms in total. The highest BCUT2D eigenvalue weighted by Gasteiger charge is 2.29. The van der Waals surface area contributed by atoms with Crippen LogP contribution in [0.1, 0.15) is 12.0 Å². The van der Waals surface area contributed by atoms with Crippen LogP contribution in [0.3, 0.4) is 0 Å². The quantitative estimate of drug-likeness (QED) is 0.859. The molecule has 18 heavy (non-hydrogen) atoms. The van der Waals surface area contributed by atoms with Gasteiger partial charge in [-0.3, -0.25) is 4.72 Å². The first-order valence-corrected chi connectivity index (χ1v) is 6.51. The first-order valence-electron chi connectivity index (χ1n) is 4.86. The van der Waals surface area contributed by atoms with E-state index < -0.39 is 28.4 Å². The van der Waals surface area contributed by atoms with E-state index in [4.69, 9.17) is 6.42 Å². The lowest BCUT2D eigenvalue weighted by Crippen LogP contribution is -2.21. The molecule has 0 fully saturated rings. The first kappa shape index (κ1) is 14.4. The minimum absolute atomic E-state index is 0.177. The van der Waals surface area contributed by atoms with E-state index in [1.807, 2.05) is 4.72 Å². The lowest BCUT2D eigenvalue weighted by molar-refractivity contribution is -0.129. The van der Waals surface area contributed by atoms with Gasteiger partial charge in [0.15, 0.2) is 0 Å². The average molecular weight is 277 g/mol. The molecular weight excluding hydrogens is 267 g/mol. The van der Waals surface area contributed by atoms with Gasteiger partial charge in [0.2, 0.25) is 10.0 Å². The molecule has 1 rings (SSSR count). The van der Waals surface area contributed by atoms with Gasteiger partial charge in [0, 0.05) is 11.3 Å². The highest BCUT2D eigenvalue weighted by Crippen LogP contribution is 2.21. The highest BCUT2D eigenvalue weighted by atomic mass is 32.2. The van der Waals surface area contributed by atoms with Crippen LogP contribution in [0.2, 0.25) is 0 Å². The molecular formula is C11H10F3NO2S. The summed E-state index contributed by atoms with van der Waals surface area (Å²) in [7, 11) is -4.01. The fourth-order valence-corrected chi connectivity index (χ4v) is 2.21. The van der Waals surface area contributed by atoms with Gasteiger partial charge in [-0.25, -0.2) is 8.42 Å². The number of nitrogens with one attached hydrogen (secondary N) is 1. The number of halogens is 3. The Morgan fingerprint density at radius 1 is 1.22 bits per heavy atom. The third-order valence-electron chi connectivity index (χ3n) is 1.98. The lowest BCUT2D eigenvalue weighted by atomic mass is 10.2. The summed E-state index contributed by atoms with van der Waals surface area (Å²) in [5.41, 5.74) is 0.726. The van der Waals surface area contributed by atoms with Gasteiger partial charge in [-0.05, 0) is 24.3 Å². The molecule has 0 saturated carbocycles. The predicted octanol–water partition coefficient (Wildman–Crippen LogP) is 2.36. The Labute approximate surface area is 103 Å². The minimum Gasteiger partial charge on any atom is -0.284 e. The van der Waals surface area contributed by atoms with Gasteiger partial charge in [-0.15, -0.1) is 6.42 Å². The van der Waals surface area contributed by atoms with E-state index in [1.165, 1.54) is 24.3 Å². The zero-order valence-corrected chi connectivity index (χ0v) is 9.98. The molecule has 0 aliphatic rings. The highest BCUT2D eigenvalue weighted by molar-refractivity contribution is 7.92. The van der Waals surface area contributed by atoms with Crippen molar-refractivity contribution in [1.82, 2.24) is 0 Å². The molecule has 98 valence electrons. The Morgan fingerprint density at radius 2 is 1.78 bits per heavy atom. The monoisotopic (exact) mass is 277 g/mol. The SMILES string of the molecule is C#Cc1ccc(NS(=O)(=O)CCC(F)(F)F)cc1. The molecule has 0 aromatic heterocycles. The first-order chi connectivity index (χ1) is 8.22. The van der Waals surface area contributed by atoms with Gasteiger partial charge in [-0.1, -0.05) is 5.92 Å². The van der Waals surface area contributed by atoms with E-state index in [-0.39, 0.29) is 5.69 Å². The summed E-state index contributed by atoms with van der Waals surface area (Å²) in [6.07, 6.45) is -0.773. The van der Waals surface area contributed by atoms with E-state index in [0.29, 0.717) is 5.56 Å². The fraction of sp³-hybridized carbons (Fsp3) is 0.273. The summed E-state index contributed by atoms with van der Waals surface area (Å²) in [4.78, 5) is 0. The van der Waals surface area contributed by atoms with Crippen LogP contribution in [0.4, 0.5) is 18.9 Å². The maximum Gasteiger partial charge on any atom is 0.390 e. The van der Waals surface area contributed by atoms with E-state index >= 15 is 0 Å². The van der Waals surface area contributed by atoms with Crippen LogP contribution in [0.15, 0.2) is 24.3 Å². The predicted molar refractivity (Wildman–Crippen MR) is 62.5 cm³/mol. The van der Waals surface area contributed by atoms with Crippen molar-refractivity contribution in [2.45, 2.75) is 12.6 Å². The number of terminal acetylenes is 1. The molecule has 1 N–H and O–H groups in total. The summed E-state index contributed by atoms with van der Waals surface area (Å²) in [5, 5.41) is 0. The van der Waals surface area contributed by atoms with Gasteiger partial charge in [-0.2, -0.15) is 13.2 Å². The standard InChI is InChI=1S/C11H10F3NO2S/c1-2-9-3-5-10(6-4-9)15-18(16,17)8-7-11(12,13)14/h1,3-6,15H,7-8H2. The molecule has 0 aliphatic carbocycles. The van der Waals surface area contributed by atoms with Crippen LogP contribution in [0, 0.1) is 12.3 Å². The van der Waals surface area contributed by atoms with Crippen molar-refractivity contribution in [3.8, 4) is 12.3 Å². The number of hydrogen-bond acceptors (Lipinski definition) is 2. The van der Waals surface area contributed by atoms with E-state index in [1.54, 1.807) is 0 Å². The lowest BCUT2D eigenvalue weighted by Gasteiger charge is -2.09. The minimum atomic E-state index is -4.50. The molecule has 0 spiro atoms. The second-order valence-electron chi connectivity index (χ2n) is 3.51. The van der Waals surface area contributed by atoms with Gasteiger partial charge >= 0.3 is 6.18 Å². The number of hydrogen-bond donors (Lipinski definition) is 1. The molecule has 0 unspecified atom stereocenters. The summed E-state index contributed by atoms with van der Waals surface area (Å²) in [5.74, 6) is 1.33. The zero-order valence-electron chi connectivity index (χ0n) is 9.16. The normalized spacial score (nSPS) is 11.9. The molecule has 0 heterocycles. The van der Waals surface area contributed by atoms with Crippen LogP contribution in [0.25, 0.3) is 0 Å². The van der Waals surface area contributed by atoms with Crippen molar-refractivity contribution in [2.75, 3.05) is 10.5 Å². The van der Waals surface area contributed by atoms with Crippen LogP contribution in [-0.4, -0.2) is 20.3 Å². The molecule has 0 radical (unpaired) electrons. The Hall–Kier alpha value is -1.68. The van der Waals surface area contributed by atoms with E-state index in [0.717, 1.165) is 0 Å². The van der Waals surface area contributed by atoms with Crippen LogP contribution in [0.5, 0.6) is 0 Å². The number of alkyl halides is 3. The molecule has 0 atom stereocenters.